The number of sulfone groups is 1. The van der Waals surface area contributed by atoms with E-state index >= 15 is 0 Å². The zero-order valence-corrected chi connectivity index (χ0v) is 23.6. The predicted molar refractivity (Wildman–Crippen MR) is 135 cm³/mol. The van der Waals surface area contributed by atoms with E-state index in [1.54, 1.807) is 0 Å². The number of carbonyl (C=O) groups is 2. The van der Waals surface area contributed by atoms with Crippen LogP contribution in [0.3, 0.4) is 0 Å². The second-order valence-corrected chi connectivity index (χ2v) is 11.8. The fourth-order valence-electron chi connectivity index (χ4n) is 3.56. The van der Waals surface area contributed by atoms with Gasteiger partial charge in [-0.05, 0) is 41.9 Å². The van der Waals surface area contributed by atoms with Gasteiger partial charge in [0.15, 0.2) is 0 Å². The van der Waals surface area contributed by atoms with Gasteiger partial charge in [0.05, 0.1) is 34.5 Å². The highest BCUT2D eigenvalue weighted by molar-refractivity contribution is 9.10. The minimum atomic E-state index is -5.24. The molecule has 19 heteroatoms. The second-order valence-electron chi connectivity index (χ2n) is 8.78. The SMILES string of the molecule is Cc1nc(Cn2nc(C(F)(F)F)nc2C(F)(F)F)ncc1NC(=O)c1cccc(Br)c1C(=O)NC(C)CS(C)(=O)=O. The Morgan fingerprint density at radius 2 is 1.73 bits per heavy atom. The van der Waals surface area contributed by atoms with Crippen LogP contribution in [0, 0.1) is 6.92 Å². The molecule has 3 rings (SSSR count). The van der Waals surface area contributed by atoms with E-state index in [1.807, 2.05) is 0 Å². The summed E-state index contributed by atoms with van der Waals surface area (Å²) >= 11 is 3.19. The quantitative estimate of drug-likeness (QED) is 0.345. The van der Waals surface area contributed by atoms with Gasteiger partial charge in [-0.25, -0.2) is 23.1 Å². The molecular formula is C22H20BrF6N7O4S. The Hall–Kier alpha value is -3.61. The molecule has 2 N–H and O–H groups in total. The molecule has 1 aromatic carbocycles. The summed E-state index contributed by atoms with van der Waals surface area (Å²) in [5.41, 5.74) is -0.201. The van der Waals surface area contributed by atoms with Crippen molar-refractivity contribution in [3.63, 3.8) is 0 Å². The van der Waals surface area contributed by atoms with Gasteiger partial charge in [-0.2, -0.15) is 31.3 Å². The number of hydrogen-bond donors (Lipinski definition) is 2. The molecule has 11 nitrogen and oxygen atoms in total. The van der Waals surface area contributed by atoms with Gasteiger partial charge in [0.2, 0.25) is 5.82 Å². The van der Waals surface area contributed by atoms with Crippen LogP contribution >= 0.6 is 15.9 Å². The van der Waals surface area contributed by atoms with Crippen LogP contribution < -0.4 is 10.6 Å². The van der Waals surface area contributed by atoms with Crippen molar-refractivity contribution in [2.75, 3.05) is 17.3 Å². The van der Waals surface area contributed by atoms with E-state index in [0.717, 1.165) is 12.5 Å². The Balaban J connectivity index is 1.84. The van der Waals surface area contributed by atoms with Crippen molar-refractivity contribution in [1.29, 1.82) is 0 Å². The number of amides is 2. The lowest BCUT2D eigenvalue weighted by Gasteiger charge is -2.16. The molecule has 0 aliphatic rings. The molecule has 0 aliphatic heterocycles. The number of hydrogen-bond acceptors (Lipinski definition) is 8. The molecule has 0 fully saturated rings. The summed E-state index contributed by atoms with van der Waals surface area (Å²) in [5.74, 6) is -6.12. The van der Waals surface area contributed by atoms with Gasteiger partial charge >= 0.3 is 12.4 Å². The maximum absolute atomic E-state index is 13.2. The standard InChI is InChI=1S/C22H20BrF6N7O4S/c1-10(9-41(3,39)40)31-18(38)16-12(5-4-6-13(16)23)17(37)33-14-7-30-15(32-11(14)2)8-36-20(22(27,28)29)34-19(35-36)21(24,25)26/h4-7,10H,8-9H2,1-3H3,(H,31,38)(H,33,37). The number of alkyl halides is 6. The maximum Gasteiger partial charge on any atom is 0.453 e. The summed E-state index contributed by atoms with van der Waals surface area (Å²) in [6.07, 6.45) is -8.43. The number of anilines is 1. The molecule has 1 atom stereocenters. The van der Waals surface area contributed by atoms with Gasteiger partial charge in [-0.1, -0.05) is 6.07 Å². The van der Waals surface area contributed by atoms with Gasteiger partial charge < -0.3 is 10.6 Å². The second kappa shape index (κ2) is 11.7. The molecule has 41 heavy (non-hydrogen) atoms. The fraction of sp³-hybridized carbons (Fsp3) is 0.364. The van der Waals surface area contributed by atoms with E-state index in [1.165, 1.54) is 32.0 Å². The minimum Gasteiger partial charge on any atom is -0.349 e. The fourth-order valence-corrected chi connectivity index (χ4v) is 5.09. The molecule has 222 valence electrons. The highest BCUT2D eigenvalue weighted by atomic mass is 79.9. The first-order chi connectivity index (χ1) is 18.8. The van der Waals surface area contributed by atoms with E-state index in [2.05, 4.69) is 46.6 Å². The number of halogens is 7. The highest BCUT2D eigenvalue weighted by Crippen LogP contribution is 2.32. The lowest BCUT2D eigenvalue weighted by molar-refractivity contribution is -0.150. The van der Waals surface area contributed by atoms with E-state index in [0.29, 0.717) is 0 Å². The summed E-state index contributed by atoms with van der Waals surface area (Å²) in [6.45, 7) is 1.92. The smallest absolute Gasteiger partial charge is 0.349 e. The molecule has 0 aliphatic carbocycles. The van der Waals surface area contributed by atoms with Crippen molar-refractivity contribution in [3.05, 3.63) is 63.2 Å². The van der Waals surface area contributed by atoms with E-state index in [4.69, 9.17) is 0 Å². The Bertz CT molecular complexity index is 1590. The average Bonchev–Trinajstić information content (AvgIpc) is 3.24. The van der Waals surface area contributed by atoms with Gasteiger partial charge in [-0.3, -0.25) is 9.59 Å². The van der Waals surface area contributed by atoms with Crippen molar-refractivity contribution in [1.82, 2.24) is 30.0 Å². The Morgan fingerprint density at radius 3 is 2.29 bits per heavy atom. The Kier molecular flexibility index (Phi) is 9.11. The van der Waals surface area contributed by atoms with Crippen LogP contribution in [0.15, 0.2) is 28.9 Å². The number of aryl methyl sites for hydroxylation is 1. The first-order valence-corrected chi connectivity index (χ1v) is 14.1. The third kappa shape index (κ3) is 8.21. The Morgan fingerprint density at radius 1 is 1.07 bits per heavy atom. The molecular weight excluding hydrogens is 652 g/mol. The molecule has 0 saturated carbocycles. The molecule has 0 spiro atoms. The molecule has 2 heterocycles. The van der Waals surface area contributed by atoms with Gasteiger partial charge in [0.1, 0.15) is 22.2 Å². The van der Waals surface area contributed by atoms with Crippen LogP contribution in [-0.2, 0) is 28.7 Å². The largest absolute Gasteiger partial charge is 0.453 e. The van der Waals surface area contributed by atoms with Gasteiger partial charge in [0.25, 0.3) is 17.6 Å². The summed E-state index contributed by atoms with van der Waals surface area (Å²) in [4.78, 5) is 36.3. The monoisotopic (exact) mass is 671 g/mol. The van der Waals surface area contributed by atoms with Crippen LogP contribution in [-0.4, -0.2) is 63.0 Å². The number of carbonyl (C=O) groups excluding carboxylic acids is 2. The van der Waals surface area contributed by atoms with Crippen LogP contribution in [0.5, 0.6) is 0 Å². The number of nitrogens with one attached hydrogen (secondary N) is 2. The molecule has 0 radical (unpaired) electrons. The van der Waals surface area contributed by atoms with Crippen molar-refractivity contribution >= 4 is 43.3 Å². The normalized spacial score (nSPS) is 13.1. The third-order valence-corrected chi connectivity index (χ3v) is 6.93. The molecule has 3 aromatic rings. The number of rotatable bonds is 8. The maximum atomic E-state index is 13.2. The molecule has 0 bridgehead atoms. The van der Waals surface area contributed by atoms with E-state index in [-0.39, 0.29) is 43.2 Å². The van der Waals surface area contributed by atoms with Crippen molar-refractivity contribution in [2.24, 2.45) is 0 Å². The zero-order chi connectivity index (χ0) is 30.9. The van der Waals surface area contributed by atoms with Crippen LogP contribution in [0.2, 0.25) is 0 Å². The van der Waals surface area contributed by atoms with Crippen LogP contribution in [0.25, 0.3) is 0 Å². The summed E-state index contributed by atoms with van der Waals surface area (Å²) in [5, 5.41) is 7.86. The number of aromatic nitrogens is 5. The summed E-state index contributed by atoms with van der Waals surface area (Å²) in [7, 11) is -3.41. The lowest BCUT2D eigenvalue weighted by Crippen LogP contribution is -2.38. The third-order valence-electron chi connectivity index (χ3n) is 5.16. The van der Waals surface area contributed by atoms with Crippen molar-refractivity contribution < 1.29 is 44.3 Å². The molecule has 1 unspecified atom stereocenters. The summed E-state index contributed by atoms with van der Waals surface area (Å²) in [6, 6.07) is 3.49. The first kappa shape index (κ1) is 31.9. The topological polar surface area (TPSA) is 149 Å². The summed E-state index contributed by atoms with van der Waals surface area (Å²) < 4.78 is 102. The number of nitrogens with zero attached hydrogens (tertiary/aromatic N) is 5. The molecule has 0 saturated heterocycles. The van der Waals surface area contributed by atoms with E-state index < -0.39 is 58.2 Å². The zero-order valence-electron chi connectivity index (χ0n) is 21.2. The first-order valence-electron chi connectivity index (χ1n) is 11.3. The molecule has 2 amide bonds. The van der Waals surface area contributed by atoms with Gasteiger partial charge in [-0.15, -0.1) is 5.10 Å². The van der Waals surface area contributed by atoms with Crippen molar-refractivity contribution in [3.8, 4) is 0 Å². The van der Waals surface area contributed by atoms with Crippen molar-refractivity contribution in [2.45, 2.75) is 38.8 Å². The van der Waals surface area contributed by atoms with Gasteiger partial charge in [0, 0.05) is 16.8 Å². The number of benzene rings is 1. The minimum absolute atomic E-state index is 0.0128. The highest BCUT2D eigenvalue weighted by Gasteiger charge is 2.44. The predicted octanol–water partition coefficient (Wildman–Crippen LogP) is 3.64. The van der Waals surface area contributed by atoms with E-state index in [9.17, 15) is 44.3 Å². The average molecular weight is 672 g/mol. The lowest BCUT2D eigenvalue weighted by atomic mass is 10.1. The molecule has 2 aromatic heterocycles. The Labute approximate surface area is 236 Å². The van der Waals surface area contributed by atoms with Crippen LogP contribution in [0.4, 0.5) is 32.0 Å². The van der Waals surface area contributed by atoms with Crippen LogP contribution in [0.1, 0.15) is 50.8 Å².